The molecule has 0 aliphatic heterocycles. The number of anilines is 1. The van der Waals surface area contributed by atoms with E-state index in [1.165, 1.54) is 36.3 Å². The van der Waals surface area contributed by atoms with Crippen LogP contribution in [0.3, 0.4) is 0 Å². The first-order valence-corrected chi connectivity index (χ1v) is 17.1. The normalized spacial score (nSPS) is 11.8. The molecule has 0 saturated heterocycles. The van der Waals surface area contributed by atoms with E-state index in [1.807, 2.05) is 43.3 Å². The van der Waals surface area contributed by atoms with Crippen LogP contribution in [0, 0.1) is 0 Å². The quantitative estimate of drug-likeness (QED) is 0.140. The van der Waals surface area contributed by atoms with Gasteiger partial charge in [0.15, 0.2) is 0 Å². The zero-order chi connectivity index (χ0) is 33.1. The third-order valence-corrected chi connectivity index (χ3v) is 9.69. The summed E-state index contributed by atoms with van der Waals surface area (Å²) < 4.78 is 34.5. The Hall–Kier alpha value is -4.05. The van der Waals surface area contributed by atoms with Gasteiger partial charge in [-0.1, -0.05) is 97.2 Å². The van der Waals surface area contributed by atoms with Gasteiger partial charge in [-0.05, 0) is 60.0 Å². The molecule has 2 amide bonds. The van der Waals surface area contributed by atoms with Crippen molar-refractivity contribution in [1.82, 2.24) is 10.2 Å². The van der Waals surface area contributed by atoms with Crippen molar-refractivity contribution in [1.29, 1.82) is 0 Å². The molecule has 0 saturated carbocycles. The van der Waals surface area contributed by atoms with Crippen molar-refractivity contribution in [3.8, 4) is 5.75 Å². The number of hydrogen-bond donors (Lipinski definition) is 1. The molecule has 11 heteroatoms. The summed E-state index contributed by atoms with van der Waals surface area (Å²) >= 11 is 12.7. The van der Waals surface area contributed by atoms with Crippen molar-refractivity contribution in [2.45, 2.75) is 43.7 Å². The van der Waals surface area contributed by atoms with Crippen LogP contribution in [0.1, 0.15) is 30.9 Å². The van der Waals surface area contributed by atoms with Crippen LogP contribution >= 0.6 is 23.2 Å². The Balaban J connectivity index is 1.81. The van der Waals surface area contributed by atoms with Gasteiger partial charge in [0.2, 0.25) is 11.8 Å². The molecule has 4 rings (SSSR count). The van der Waals surface area contributed by atoms with E-state index in [9.17, 15) is 18.0 Å². The molecule has 0 spiro atoms. The molecule has 4 aromatic carbocycles. The number of amides is 2. The van der Waals surface area contributed by atoms with Crippen LogP contribution in [0.25, 0.3) is 0 Å². The van der Waals surface area contributed by atoms with Crippen molar-refractivity contribution in [2.24, 2.45) is 0 Å². The molecule has 0 aromatic heterocycles. The maximum Gasteiger partial charge on any atom is 0.264 e. The predicted molar refractivity (Wildman–Crippen MR) is 183 cm³/mol. The van der Waals surface area contributed by atoms with Crippen LogP contribution in [-0.4, -0.2) is 51.4 Å². The number of carbonyl (C=O) groups excluding carboxylic acids is 2. The number of sulfonamides is 1. The van der Waals surface area contributed by atoms with Crippen LogP contribution < -0.4 is 14.4 Å². The van der Waals surface area contributed by atoms with Gasteiger partial charge in [0.1, 0.15) is 18.3 Å². The number of benzene rings is 4. The van der Waals surface area contributed by atoms with E-state index in [0.29, 0.717) is 22.9 Å². The monoisotopic (exact) mass is 681 g/mol. The summed E-state index contributed by atoms with van der Waals surface area (Å²) in [4.78, 5) is 29.8. The molecule has 1 atom stereocenters. The maximum absolute atomic E-state index is 14.5. The molecule has 0 radical (unpaired) electrons. The molecule has 0 heterocycles. The van der Waals surface area contributed by atoms with Crippen molar-refractivity contribution in [3.63, 3.8) is 0 Å². The molecule has 1 N–H and O–H groups in total. The fourth-order valence-electron chi connectivity index (χ4n) is 4.95. The van der Waals surface area contributed by atoms with Gasteiger partial charge in [0, 0.05) is 24.5 Å². The Morgan fingerprint density at radius 2 is 1.54 bits per heavy atom. The second kappa shape index (κ2) is 16.5. The lowest BCUT2D eigenvalue weighted by molar-refractivity contribution is -0.140. The highest BCUT2D eigenvalue weighted by Gasteiger charge is 2.34. The third kappa shape index (κ3) is 9.02. The van der Waals surface area contributed by atoms with Crippen molar-refractivity contribution in [3.05, 3.63) is 124 Å². The fraction of sp³-hybridized carbons (Fsp3) is 0.257. The lowest BCUT2D eigenvalue weighted by Gasteiger charge is -2.34. The smallest absolute Gasteiger partial charge is 0.264 e. The van der Waals surface area contributed by atoms with Gasteiger partial charge in [-0.25, -0.2) is 8.42 Å². The van der Waals surface area contributed by atoms with E-state index < -0.39 is 28.5 Å². The average molecular weight is 683 g/mol. The molecular weight excluding hydrogens is 645 g/mol. The first-order chi connectivity index (χ1) is 22.1. The van der Waals surface area contributed by atoms with Crippen LogP contribution in [0.4, 0.5) is 5.69 Å². The molecule has 0 aliphatic rings. The number of carbonyl (C=O) groups is 2. The topological polar surface area (TPSA) is 96.0 Å². The highest BCUT2D eigenvalue weighted by molar-refractivity contribution is 7.92. The minimum atomic E-state index is -4.26. The van der Waals surface area contributed by atoms with Crippen LogP contribution in [0.5, 0.6) is 5.75 Å². The van der Waals surface area contributed by atoms with Crippen molar-refractivity contribution >= 4 is 50.7 Å². The van der Waals surface area contributed by atoms with Crippen LogP contribution in [-0.2, 0) is 32.6 Å². The van der Waals surface area contributed by atoms with E-state index in [0.717, 1.165) is 22.7 Å². The summed E-state index contributed by atoms with van der Waals surface area (Å²) in [6.07, 6.45) is 1.86. The second-order valence-corrected chi connectivity index (χ2v) is 13.4. The summed E-state index contributed by atoms with van der Waals surface area (Å²) in [6.45, 7) is 1.88. The highest BCUT2D eigenvalue weighted by atomic mass is 35.5. The first-order valence-electron chi connectivity index (χ1n) is 14.9. The van der Waals surface area contributed by atoms with Gasteiger partial charge in [0.25, 0.3) is 10.0 Å². The van der Waals surface area contributed by atoms with Crippen LogP contribution in [0.15, 0.2) is 108 Å². The van der Waals surface area contributed by atoms with E-state index in [1.54, 1.807) is 42.5 Å². The number of nitrogens with one attached hydrogen (secondary N) is 1. The molecule has 4 aromatic rings. The molecule has 0 unspecified atom stereocenters. The summed E-state index contributed by atoms with van der Waals surface area (Å²) in [5.41, 5.74) is 1.70. The molecule has 0 fully saturated rings. The van der Waals surface area contributed by atoms with Crippen LogP contribution in [0.2, 0.25) is 10.0 Å². The Labute approximate surface area is 280 Å². The average Bonchev–Trinajstić information content (AvgIpc) is 3.06. The number of rotatable bonds is 15. The Bertz CT molecular complexity index is 1720. The Morgan fingerprint density at radius 3 is 2.17 bits per heavy atom. The summed E-state index contributed by atoms with van der Waals surface area (Å²) in [5, 5.41) is 3.62. The summed E-state index contributed by atoms with van der Waals surface area (Å²) in [6, 6.07) is 27.8. The molecule has 242 valence electrons. The number of halogens is 2. The number of methoxy groups -OCH3 is 1. The second-order valence-electron chi connectivity index (χ2n) is 10.6. The molecule has 8 nitrogen and oxygen atoms in total. The highest BCUT2D eigenvalue weighted by Crippen LogP contribution is 2.32. The van der Waals surface area contributed by atoms with Gasteiger partial charge >= 0.3 is 0 Å². The SMILES string of the molecule is CCCCNC(=O)[C@@H](Cc1ccccc1)N(Cc1cccc(Cl)c1)C(=O)CN(c1ccc(OC)c(Cl)c1)S(=O)(=O)c1ccccc1. The van der Waals surface area contributed by atoms with Gasteiger partial charge in [-0.15, -0.1) is 0 Å². The van der Waals surface area contributed by atoms with Gasteiger partial charge in [-0.2, -0.15) is 0 Å². The zero-order valence-corrected chi connectivity index (χ0v) is 28.1. The first kappa shape index (κ1) is 34.8. The fourth-order valence-corrected chi connectivity index (χ4v) is 6.84. The van der Waals surface area contributed by atoms with E-state index >= 15 is 0 Å². The van der Waals surface area contributed by atoms with Crippen molar-refractivity contribution < 1.29 is 22.7 Å². The van der Waals surface area contributed by atoms with Gasteiger partial charge in [0.05, 0.1) is 22.7 Å². The molecule has 46 heavy (non-hydrogen) atoms. The lowest BCUT2D eigenvalue weighted by atomic mass is 10.0. The number of ether oxygens (including phenoxy) is 1. The minimum Gasteiger partial charge on any atom is -0.495 e. The summed E-state index contributed by atoms with van der Waals surface area (Å²) in [7, 11) is -2.80. The standard InChI is InChI=1S/C35H37Cl2N3O5S/c1-3-4-20-38-35(42)32(22-26-12-7-5-8-13-26)39(24-27-14-11-15-28(36)21-27)34(41)25-40(29-18-19-33(45-2)31(37)23-29)46(43,44)30-16-9-6-10-17-30/h5-19,21,23,32H,3-4,20,22,24-25H2,1-2H3,(H,38,42)/t32-/m1/s1. The minimum absolute atomic E-state index is 0.00530. The van der Waals surface area contributed by atoms with E-state index in [-0.39, 0.29) is 34.5 Å². The predicted octanol–water partition coefficient (Wildman–Crippen LogP) is 6.75. The van der Waals surface area contributed by atoms with E-state index in [2.05, 4.69) is 5.32 Å². The Kier molecular flexibility index (Phi) is 12.5. The van der Waals surface area contributed by atoms with Gasteiger partial charge in [-0.3, -0.25) is 13.9 Å². The molecule has 0 aliphatic carbocycles. The van der Waals surface area contributed by atoms with Gasteiger partial charge < -0.3 is 15.0 Å². The molecule has 0 bridgehead atoms. The largest absolute Gasteiger partial charge is 0.495 e. The van der Waals surface area contributed by atoms with E-state index in [4.69, 9.17) is 27.9 Å². The number of unbranched alkanes of at least 4 members (excludes halogenated alkanes) is 1. The Morgan fingerprint density at radius 1 is 0.870 bits per heavy atom. The number of hydrogen-bond acceptors (Lipinski definition) is 5. The summed E-state index contributed by atoms with van der Waals surface area (Å²) in [5.74, 6) is -0.571. The molecular formula is C35H37Cl2N3O5S. The maximum atomic E-state index is 14.5. The number of nitrogens with zero attached hydrogens (tertiary/aromatic N) is 2. The zero-order valence-electron chi connectivity index (χ0n) is 25.7. The van der Waals surface area contributed by atoms with Crippen molar-refractivity contribution in [2.75, 3.05) is 24.5 Å². The lowest BCUT2D eigenvalue weighted by Crippen LogP contribution is -2.53. The third-order valence-electron chi connectivity index (χ3n) is 7.38.